The minimum Gasteiger partial charge on any atom is -0.491 e. The van der Waals surface area contributed by atoms with E-state index in [1.165, 1.54) is 75.5 Å². The van der Waals surface area contributed by atoms with Gasteiger partial charge in [0.25, 0.3) is 5.91 Å². The molecule has 0 unspecified atom stereocenters. The normalized spacial score (nSPS) is 20.4. The number of carbonyl (C=O) groups excluding carboxylic acids is 1. The molecule has 0 atom stereocenters. The van der Waals surface area contributed by atoms with E-state index in [1.54, 1.807) is 28.6 Å². The maximum absolute atomic E-state index is 13.2. The highest BCUT2D eigenvalue weighted by atomic mass is 32.2. The zero-order valence-electron chi connectivity index (χ0n) is 27.7. The average molecular weight is 641 g/mol. The minimum absolute atomic E-state index is 0.0109. The standard InChI is InChI=1S/C36H56N4O4S/c1-28(2)44-31-14-16-32(17-15-31)45(42,43)40-23-18-29(19-24-40)13-9-12-22-37-35(41)33-25-30-27-38-36(26-34(30)39-33)20-10-7-5-3-4-6-8-11-21-36/h14-17,25,28-29,38-39H,3-13,18-24,26-27H2,1-2H3,(H,37,41). The van der Waals surface area contributed by atoms with Gasteiger partial charge in [0.05, 0.1) is 11.0 Å². The maximum atomic E-state index is 13.2. The predicted octanol–water partition coefficient (Wildman–Crippen LogP) is 7.10. The van der Waals surface area contributed by atoms with Gasteiger partial charge in [-0.2, -0.15) is 4.31 Å². The van der Waals surface area contributed by atoms with Gasteiger partial charge in [0, 0.05) is 43.8 Å². The molecule has 9 heteroatoms. The summed E-state index contributed by atoms with van der Waals surface area (Å²) < 4.78 is 33.6. The molecule has 1 aromatic heterocycles. The molecule has 2 aromatic rings. The number of ether oxygens (including phenoxy) is 1. The number of piperidine rings is 1. The van der Waals surface area contributed by atoms with Crippen molar-refractivity contribution >= 4 is 15.9 Å². The van der Waals surface area contributed by atoms with Crippen LogP contribution in [0.5, 0.6) is 5.75 Å². The first-order valence-corrected chi connectivity index (χ1v) is 19.2. The number of aromatic nitrogens is 1. The van der Waals surface area contributed by atoms with Crippen LogP contribution >= 0.6 is 0 Å². The van der Waals surface area contributed by atoms with Gasteiger partial charge >= 0.3 is 0 Å². The van der Waals surface area contributed by atoms with E-state index in [4.69, 9.17) is 4.74 Å². The van der Waals surface area contributed by atoms with E-state index in [9.17, 15) is 13.2 Å². The number of benzene rings is 1. The number of unbranched alkanes of at least 4 members (excludes halogenated alkanes) is 1. The first-order chi connectivity index (χ1) is 21.7. The SMILES string of the molecule is CC(C)Oc1ccc(S(=O)(=O)N2CCC(CCCCNC(=O)c3cc4c([nH]3)CC3(CCCCCCCCCC3)NC4)CC2)cc1. The van der Waals surface area contributed by atoms with Crippen LogP contribution in [0.2, 0.25) is 0 Å². The number of sulfonamides is 1. The van der Waals surface area contributed by atoms with E-state index in [0.717, 1.165) is 45.1 Å². The van der Waals surface area contributed by atoms with E-state index in [0.29, 0.717) is 41.9 Å². The molecule has 1 aliphatic carbocycles. The maximum Gasteiger partial charge on any atom is 0.267 e. The molecule has 3 aliphatic rings. The van der Waals surface area contributed by atoms with Crippen molar-refractivity contribution in [1.82, 2.24) is 19.9 Å². The summed E-state index contributed by atoms with van der Waals surface area (Å²) in [6.45, 7) is 6.52. The van der Waals surface area contributed by atoms with Gasteiger partial charge in [0.1, 0.15) is 11.4 Å². The highest BCUT2D eigenvalue weighted by Gasteiger charge is 2.35. The highest BCUT2D eigenvalue weighted by Crippen LogP contribution is 2.33. The third-order valence-electron chi connectivity index (χ3n) is 10.2. The lowest BCUT2D eigenvalue weighted by molar-refractivity contribution is 0.0948. The molecule has 1 spiro atoms. The summed E-state index contributed by atoms with van der Waals surface area (Å²) in [4.78, 5) is 16.8. The molecule has 45 heavy (non-hydrogen) atoms. The molecule has 1 aromatic carbocycles. The van der Waals surface area contributed by atoms with Crippen LogP contribution in [-0.4, -0.2) is 54.9 Å². The van der Waals surface area contributed by atoms with Crippen molar-refractivity contribution in [1.29, 1.82) is 0 Å². The van der Waals surface area contributed by atoms with Gasteiger partial charge in [-0.1, -0.05) is 64.2 Å². The summed E-state index contributed by atoms with van der Waals surface area (Å²) in [7, 11) is -3.49. The number of rotatable bonds is 10. The van der Waals surface area contributed by atoms with Gasteiger partial charge in [-0.05, 0) is 87.8 Å². The van der Waals surface area contributed by atoms with Crippen molar-refractivity contribution < 1.29 is 17.9 Å². The van der Waals surface area contributed by atoms with Crippen LogP contribution in [0.4, 0.5) is 0 Å². The van der Waals surface area contributed by atoms with Gasteiger partial charge < -0.3 is 20.4 Å². The van der Waals surface area contributed by atoms with Gasteiger partial charge in [0.2, 0.25) is 10.0 Å². The fourth-order valence-electron chi connectivity index (χ4n) is 7.53. The van der Waals surface area contributed by atoms with Gasteiger partial charge in [-0.25, -0.2) is 8.42 Å². The Balaban J connectivity index is 1.01. The molecule has 3 N–H and O–H groups in total. The van der Waals surface area contributed by atoms with Crippen LogP contribution in [0.25, 0.3) is 0 Å². The lowest BCUT2D eigenvalue weighted by Gasteiger charge is -2.39. The molecular weight excluding hydrogens is 584 g/mol. The molecule has 1 saturated carbocycles. The Labute approximate surface area is 271 Å². The number of nitrogens with zero attached hydrogens (tertiary/aromatic N) is 1. The predicted molar refractivity (Wildman–Crippen MR) is 180 cm³/mol. The molecule has 2 fully saturated rings. The first-order valence-electron chi connectivity index (χ1n) is 17.7. The Hall–Kier alpha value is -2.36. The molecule has 3 heterocycles. The molecule has 2 aliphatic heterocycles. The molecule has 1 amide bonds. The lowest BCUT2D eigenvalue weighted by Crippen LogP contribution is -2.49. The van der Waals surface area contributed by atoms with Gasteiger partial charge in [-0.3, -0.25) is 4.79 Å². The molecule has 0 radical (unpaired) electrons. The quantitative estimate of drug-likeness (QED) is 0.240. The summed E-state index contributed by atoms with van der Waals surface area (Å²) in [6, 6.07) is 8.80. The second kappa shape index (κ2) is 16.0. The van der Waals surface area contributed by atoms with Crippen molar-refractivity contribution in [3.05, 3.63) is 47.3 Å². The zero-order valence-corrected chi connectivity index (χ0v) is 28.5. The van der Waals surface area contributed by atoms with Gasteiger partial charge in [0.15, 0.2) is 0 Å². The Morgan fingerprint density at radius 2 is 1.62 bits per heavy atom. The average Bonchev–Trinajstić information content (AvgIpc) is 3.43. The van der Waals surface area contributed by atoms with E-state index >= 15 is 0 Å². The molecule has 250 valence electrons. The lowest BCUT2D eigenvalue weighted by atomic mass is 9.80. The van der Waals surface area contributed by atoms with Crippen LogP contribution < -0.4 is 15.4 Å². The fourth-order valence-corrected chi connectivity index (χ4v) is 9.00. The van der Waals surface area contributed by atoms with E-state index in [2.05, 4.69) is 15.6 Å². The third-order valence-corrected chi connectivity index (χ3v) is 12.1. The summed E-state index contributed by atoms with van der Waals surface area (Å²) in [5.41, 5.74) is 3.35. The van der Waals surface area contributed by atoms with Crippen molar-refractivity contribution in [2.75, 3.05) is 19.6 Å². The summed E-state index contributed by atoms with van der Waals surface area (Å²) in [5, 5.41) is 7.03. The Kier molecular flexibility index (Phi) is 12.1. The number of nitrogens with one attached hydrogen (secondary N) is 3. The van der Waals surface area contributed by atoms with E-state index < -0.39 is 10.0 Å². The first kappa shape index (κ1) is 34.0. The molecule has 5 rings (SSSR count). The fraction of sp³-hybridized carbons (Fsp3) is 0.694. The van der Waals surface area contributed by atoms with Gasteiger partial charge in [-0.15, -0.1) is 0 Å². The van der Waals surface area contributed by atoms with Crippen molar-refractivity contribution in [3.8, 4) is 5.75 Å². The second-order valence-corrected chi connectivity index (χ2v) is 16.0. The zero-order chi connectivity index (χ0) is 31.7. The van der Waals surface area contributed by atoms with Crippen LogP contribution in [0, 0.1) is 5.92 Å². The number of amides is 1. The molecular formula is C36H56N4O4S. The number of hydrogen-bond acceptors (Lipinski definition) is 5. The van der Waals surface area contributed by atoms with Crippen molar-refractivity contribution in [2.24, 2.45) is 5.92 Å². The minimum atomic E-state index is -3.49. The number of aromatic amines is 1. The van der Waals surface area contributed by atoms with Crippen LogP contribution in [0.1, 0.15) is 132 Å². The number of carbonyl (C=O) groups is 1. The smallest absolute Gasteiger partial charge is 0.267 e. The van der Waals surface area contributed by atoms with Crippen molar-refractivity contribution in [3.63, 3.8) is 0 Å². The number of H-pyrrole nitrogens is 1. The molecule has 1 saturated heterocycles. The molecule has 0 bridgehead atoms. The van der Waals surface area contributed by atoms with Crippen LogP contribution in [0.3, 0.4) is 0 Å². The summed E-state index contributed by atoms with van der Waals surface area (Å²) >= 11 is 0. The Bertz CT molecular complexity index is 1320. The highest BCUT2D eigenvalue weighted by molar-refractivity contribution is 7.89. The Morgan fingerprint density at radius 3 is 2.27 bits per heavy atom. The van der Waals surface area contributed by atoms with Crippen LogP contribution in [0.15, 0.2) is 35.2 Å². The molecule has 8 nitrogen and oxygen atoms in total. The van der Waals surface area contributed by atoms with Crippen LogP contribution in [-0.2, 0) is 23.0 Å². The topological polar surface area (TPSA) is 104 Å². The van der Waals surface area contributed by atoms with E-state index in [1.807, 2.05) is 19.9 Å². The third kappa shape index (κ3) is 9.35. The largest absolute Gasteiger partial charge is 0.491 e. The summed E-state index contributed by atoms with van der Waals surface area (Å²) in [5.74, 6) is 1.20. The Morgan fingerprint density at radius 1 is 0.978 bits per heavy atom. The number of hydrogen-bond donors (Lipinski definition) is 3. The summed E-state index contributed by atoms with van der Waals surface area (Å²) in [6.07, 6.45) is 19.0. The monoisotopic (exact) mass is 640 g/mol. The number of fused-ring (bicyclic) bond motifs is 1. The second-order valence-electron chi connectivity index (χ2n) is 14.1. The van der Waals surface area contributed by atoms with Crippen molar-refractivity contribution in [2.45, 2.75) is 140 Å². The van der Waals surface area contributed by atoms with E-state index in [-0.39, 0.29) is 17.6 Å².